The van der Waals surface area contributed by atoms with Gasteiger partial charge < -0.3 is 14.7 Å². The van der Waals surface area contributed by atoms with Gasteiger partial charge in [-0.25, -0.2) is 0 Å². The van der Waals surface area contributed by atoms with Crippen molar-refractivity contribution in [3.05, 3.63) is 270 Å². The molecular formula is C68H61N3. The fraction of sp³-hybridized carbons (Fsp3) is 0.118. The zero-order valence-electron chi connectivity index (χ0n) is 41.8. The predicted octanol–water partition coefficient (Wildman–Crippen LogP) is 19.5. The third-order valence-corrected chi connectivity index (χ3v) is 14.0. The van der Waals surface area contributed by atoms with Gasteiger partial charge >= 0.3 is 0 Å². The largest absolute Gasteiger partial charge is 0.310 e. The van der Waals surface area contributed by atoms with Crippen molar-refractivity contribution in [3.63, 3.8) is 0 Å². The molecule has 3 heteroatoms. The molecule has 0 aliphatic rings. The second-order valence-corrected chi connectivity index (χ2v) is 18.6. The summed E-state index contributed by atoms with van der Waals surface area (Å²) >= 11 is 0. The highest BCUT2D eigenvalue weighted by Gasteiger charge is 2.21. The summed E-state index contributed by atoms with van der Waals surface area (Å²) in [6.45, 7) is 13.3. The molecule has 71 heavy (non-hydrogen) atoms. The molecule has 10 aromatic rings. The van der Waals surface area contributed by atoms with Gasteiger partial charge in [-0.05, 0) is 198 Å². The Morgan fingerprint density at radius 2 is 0.465 bits per heavy atom. The average molecular weight is 920 g/mol. The van der Waals surface area contributed by atoms with E-state index in [1.807, 2.05) is 0 Å². The molecule has 0 amide bonds. The molecule has 0 radical (unpaired) electrons. The van der Waals surface area contributed by atoms with E-state index in [-0.39, 0.29) is 0 Å². The molecule has 10 aromatic carbocycles. The van der Waals surface area contributed by atoms with Crippen molar-refractivity contribution in [1.82, 2.24) is 0 Å². The van der Waals surface area contributed by atoms with Crippen LogP contribution in [0.1, 0.15) is 47.2 Å². The van der Waals surface area contributed by atoms with Gasteiger partial charge in [-0.1, -0.05) is 159 Å². The molecular weight excluding hydrogens is 859 g/mol. The van der Waals surface area contributed by atoms with Crippen LogP contribution in [0.3, 0.4) is 0 Å². The molecule has 0 fully saturated rings. The van der Waals surface area contributed by atoms with Gasteiger partial charge in [-0.15, -0.1) is 0 Å². The molecule has 0 saturated carbocycles. The molecule has 10 rings (SSSR count). The van der Waals surface area contributed by atoms with Crippen LogP contribution in [0.2, 0.25) is 0 Å². The number of nitrogens with zero attached hydrogens (tertiary/aromatic N) is 3. The van der Waals surface area contributed by atoms with Gasteiger partial charge in [0, 0.05) is 51.2 Å². The SMILES string of the molecule is CCc1ccccc1N(c1ccc(-c2cc(-c3ccc(N(c4ccccc4C)c4ccccc4C)cc3)cc(-c3ccc(N(c4ccccc4C)c4ccccc4CC)cc3)c2)cc1)c1ccccc1C. The summed E-state index contributed by atoms with van der Waals surface area (Å²) in [5, 5.41) is 0. The molecule has 0 saturated heterocycles. The first-order valence-corrected chi connectivity index (χ1v) is 25.0. The number of para-hydroxylation sites is 6. The fourth-order valence-corrected chi connectivity index (χ4v) is 10.1. The smallest absolute Gasteiger partial charge is 0.0493 e. The number of rotatable bonds is 14. The van der Waals surface area contributed by atoms with Crippen LogP contribution in [0.15, 0.2) is 237 Å². The highest BCUT2D eigenvalue weighted by atomic mass is 15.2. The van der Waals surface area contributed by atoms with Crippen LogP contribution in [-0.2, 0) is 12.8 Å². The Bertz CT molecular complexity index is 3240. The monoisotopic (exact) mass is 919 g/mol. The van der Waals surface area contributed by atoms with Crippen LogP contribution in [-0.4, -0.2) is 0 Å². The van der Waals surface area contributed by atoms with E-state index in [0.717, 1.165) is 63.3 Å². The molecule has 0 unspecified atom stereocenters. The lowest BCUT2D eigenvalue weighted by Gasteiger charge is -2.29. The van der Waals surface area contributed by atoms with E-state index in [9.17, 15) is 0 Å². The Balaban J connectivity index is 1.09. The molecule has 0 aliphatic carbocycles. The Morgan fingerprint density at radius 3 is 0.718 bits per heavy atom. The minimum Gasteiger partial charge on any atom is -0.310 e. The van der Waals surface area contributed by atoms with E-state index in [0.29, 0.717) is 0 Å². The van der Waals surface area contributed by atoms with E-state index >= 15 is 0 Å². The molecule has 3 nitrogen and oxygen atoms in total. The van der Waals surface area contributed by atoms with Crippen molar-refractivity contribution in [2.75, 3.05) is 14.7 Å². The molecule has 0 atom stereocenters. The van der Waals surface area contributed by atoms with E-state index in [4.69, 9.17) is 0 Å². The summed E-state index contributed by atoms with van der Waals surface area (Å²) in [7, 11) is 0. The van der Waals surface area contributed by atoms with Crippen molar-refractivity contribution >= 4 is 51.2 Å². The fourth-order valence-electron chi connectivity index (χ4n) is 10.1. The van der Waals surface area contributed by atoms with Gasteiger partial charge in [0.25, 0.3) is 0 Å². The number of anilines is 9. The summed E-state index contributed by atoms with van der Waals surface area (Å²) in [6.07, 6.45) is 1.89. The second-order valence-electron chi connectivity index (χ2n) is 18.6. The van der Waals surface area contributed by atoms with Gasteiger partial charge in [0.05, 0.1) is 0 Å². The molecule has 0 spiro atoms. The first-order valence-electron chi connectivity index (χ1n) is 25.0. The van der Waals surface area contributed by atoms with Gasteiger partial charge in [0.15, 0.2) is 0 Å². The summed E-state index contributed by atoms with van der Waals surface area (Å²) in [4.78, 5) is 7.22. The summed E-state index contributed by atoms with van der Waals surface area (Å²) in [6, 6.07) is 86.7. The minimum atomic E-state index is 0.944. The Morgan fingerprint density at radius 1 is 0.239 bits per heavy atom. The molecule has 0 bridgehead atoms. The number of benzene rings is 10. The summed E-state index contributed by atoms with van der Waals surface area (Å²) in [5.41, 5.74) is 25.0. The Kier molecular flexibility index (Phi) is 13.5. The van der Waals surface area contributed by atoms with E-state index in [1.54, 1.807) is 0 Å². The van der Waals surface area contributed by atoms with E-state index < -0.39 is 0 Å². The van der Waals surface area contributed by atoms with Crippen molar-refractivity contribution in [2.45, 2.75) is 54.4 Å². The molecule has 0 heterocycles. The quantitative estimate of drug-likeness (QED) is 0.108. The first-order chi connectivity index (χ1) is 34.8. The van der Waals surface area contributed by atoms with Crippen LogP contribution in [0.25, 0.3) is 33.4 Å². The van der Waals surface area contributed by atoms with Crippen molar-refractivity contribution in [1.29, 1.82) is 0 Å². The number of aryl methyl sites for hydroxylation is 6. The normalized spacial score (nSPS) is 11.1. The third-order valence-electron chi connectivity index (χ3n) is 14.0. The van der Waals surface area contributed by atoms with Gasteiger partial charge in [0.2, 0.25) is 0 Å². The summed E-state index contributed by atoms with van der Waals surface area (Å²) in [5.74, 6) is 0. The van der Waals surface area contributed by atoms with Crippen molar-refractivity contribution < 1.29 is 0 Å². The highest BCUT2D eigenvalue weighted by Crippen LogP contribution is 2.44. The van der Waals surface area contributed by atoms with Crippen LogP contribution in [0, 0.1) is 27.7 Å². The molecule has 0 aromatic heterocycles. The topological polar surface area (TPSA) is 9.72 Å². The molecule has 0 N–H and O–H groups in total. The maximum atomic E-state index is 2.42. The number of hydrogen-bond acceptors (Lipinski definition) is 3. The standard InChI is InChI=1S/C68H61N3/c1-7-52-25-13-19-31-67(52)70(65-29-17-11-23-50(65)5)61-41-35-55(36-42-61)58-45-57(54-33-39-60(40-34-54)69(63-27-15-9-21-48(63)3)64-28-16-10-22-49(64)4)46-59(47-58)56-37-43-62(44-38-56)71(66-30-18-12-24-51(66)6)68-32-20-14-26-53(68)8-2/h9-47H,7-8H2,1-6H3. The van der Waals surface area contributed by atoms with E-state index in [2.05, 4.69) is 293 Å². The van der Waals surface area contributed by atoms with Crippen molar-refractivity contribution in [2.24, 2.45) is 0 Å². The maximum absolute atomic E-state index is 2.42. The maximum Gasteiger partial charge on any atom is 0.0493 e. The highest BCUT2D eigenvalue weighted by molar-refractivity contribution is 5.87. The van der Waals surface area contributed by atoms with Crippen LogP contribution >= 0.6 is 0 Å². The van der Waals surface area contributed by atoms with Gasteiger partial charge in [-0.2, -0.15) is 0 Å². The zero-order chi connectivity index (χ0) is 48.8. The third kappa shape index (κ3) is 9.52. The predicted molar refractivity (Wildman–Crippen MR) is 305 cm³/mol. The molecule has 0 aliphatic heterocycles. The lowest BCUT2D eigenvalue weighted by molar-refractivity contribution is 1.11. The minimum absolute atomic E-state index is 0.944. The van der Waals surface area contributed by atoms with Crippen LogP contribution in [0.5, 0.6) is 0 Å². The zero-order valence-corrected chi connectivity index (χ0v) is 41.8. The number of hydrogen-bond donors (Lipinski definition) is 0. The summed E-state index contributed by atoms with van der Waals surface area (Å²) < 4.78 is 0. The lowest BCUT2D eigenvalue weighted by atomic mass is 9.93. The second kappa shape index (κ2) is 20.7. The van der Waals surface area contributed by atoms with E-state index in [1.165, 1.54) is 67.5 Å². The van der Waals surface area contributed by atoms with Crippen molar-refractivity contribution in [3.8, 4) is 33.4 Å². The van der Waals surface area contributed by atoms with Crippen LogP contribution in [0.4, 0.5) is 51.2 Å². The van der Waals surface area contributed by atoms with Gasteiger partial charge in [-0.3, -0.25) is 0 Å². The average Bonchev–Trinajstić information content (AvgIpc) is 3.42. The molecule has 348 valence electrons. The van der Waals surface area contributed by atoms with Crippen LogP contribution < -0.4 is 14.7 Å². The van der Waals surface area contributed by atoms with Gasteiger partial charge in [0.1, 0.15) is 0 Å². The Labute approximate surface area is 421 Å². The Hall–Kier alpha value is -8.40. The lowest BCUT2D eigenvalue weighted by Crippen LogP contribution is -2.13. The first kappa shape index (κ1) is 46.3.